The Kier molecular flexibility index (Phi) is 7.71. The van der Waals surface area contributed by atoms with Gasteiger partial charge in [0.05, 0.1) is 0 Å². The largest absolute Gasteiger partial charge is 0.0622 e. The zero-order valence-electron chi connectivity index (χ0n) is 33.9. The van der Waals surface area contributed by atoms with Crippen molar-refractivity contribution >= 4 is 75.4 Å². The maximum atomic E-state index is 2.49. The molecule has 62 heavy (non-hydrogen) atoms. The Balaban J connectivity index is 1.24. The molecule has 286 valence electrons. The Hall–Kier alpha value is -8.06. The van der Waals surface area contributed by atoms with Gasteiger partial charge in [-0.3, -0.25) is 0 Å². The first-order valence-corrected chi connectivity index (χ1v) is 21.6. The summed E-state index contributed by atoms with van der Waals surface area (Å²) in [4.78, 5) is 0. The zero-order chi connectivity index (χ0) is 40.7. The summed E-state index contributed by atoms with van der Waals surface area (Å²) in [7, 11) is 0. The van der Waals surface area contributed by atoms with Gasteiger partial charge in [-0.05, 0) is 137 Å². The molecule has 0 unspecified atom stereocenters. The molecule has 0 bridgehead atoms. The highest BCUT2D eigenvalue weighted by atomic mass is 14.3. The van der Waals surface area contributed by atoms with Crippen LogP contribution >= 0.6 is 0 Å². The monoisotopic (exact) mass is 782 g/mol. The summed E-state index contributed by atoms with van der Waals surface area (Å²) in [6.45, 7) is 0. The van der Waals surface area contributed by atoms with Crippen molar-refractivity contribution in [2.75, 3.05) is 0 Å². The highest BCUT2D eigenvalue weighted by Gasteiger charge is 2.26. The summed E-state index contributed by atoms with van der Waals surface area (Å²) in [6, 6.07) is 85.6. The lowest BCUT2D eigenvalue weighted by atomic mass is 9.78. The second-order valence-corrected chi connectivity index (χ2v) is 16.6. The molecule has 0 aliphatic rings. The Morgan fingerprint density at radius 1 is 0.161 bits per heavy atom. The normalized spacial score (nSPS) is 11.9. The lowest BCUT2D eigenvalue weighted by Crippen LogP contribution is -1.97. The van der Waals surface area contributed by atoms with Crippen LogP contribution in [-0.2, 0) is 0 Å². The molecule has 0 aliphatic heterocycles. The van der Waals surface area contributed by atoms with E-state index in [1.807, 2.05) is 0 Å². The van der Waals surface area contributed by atoms with Crippen LogP contribution in [0.25, 0.3) is 131 Å². The molecule has 0 radical (unpaired) electrons. The fourth-order valence-electron chi connectivity index (χ4n) is 10.9. The van der Waals surface area contributed by atoms with Crippen LogP contribution in [0.3, 0.4) is 0 Å². The number of hydrogen-bond donors (Lipinski definition) is 0. The maximum Gasteiger partial charge on any atom is -0.000740 e. The molecule has 0 aromatic heterocycles. The molecule has 13 aromatic rings. The molecular formula is C62H38. The van der Waals surface area contributed by atoms with Gasteiger partial charge in [-0.25, -0.2) is 0 Å². The number of fused-ring (bicyclic) bond motifs is 7. The van der Waals surface area contributed by atoms with E-state index in [-0.39, 0.29) is 0 Å². The van der Waals surface area contributed by atoms with Crippen molar-refractivity contribution < 1.29 is 0 Å². The third kappa shape index (κ3) is 5.01. The highest BCUT2D eigenvalue weighted by molar-refractivity contribution is 6.46. The molecule has 0 amide bonds. The lowest BCUT2D eigenvalue weighted by molar-refractivity contribution is 1.61. The molecule has 0 fully saturated rings. The smallest absolute Gasteiger partial charge is 0.000740 e. The Labute approximate surface area is 359 Å². The van der Waals surface area contributed by atoms with Crippen molar-refractivity contribution in [2.24, 2.45) is 0 Å². The van der Waals surface area contributed by atoms with Crippen LogP contribution in [0.1, 0.15) is 0 Å². The average molecular weight is 783 g/mol. The Morgan fingerprint density at radius 2 is 0.500 bits per heavy atom. The van der Waals surface area contributed by atoms with E-state index in [1.54, 1.807) is 0 Å². The second kappa shape index (κ2) is 13.7. The molecular weight excluding hydrogens is 745 g/mol. The van der Waals surface area contributed by atoms with Crippen molar-refractivity contribution in [1.82, 2.24) is 0 Å². The Morgan fingerprint density at radius 3 is 1.03 bits per heavy atom. The molecule has 13 rings (SSSR count). The fraction of sp³-hybridized carbons (Fsp3) is 0. The standard InChI is InChI=1S/C62H38/c1-4-20-39(21-5-1)42-26-10-12-28-44(42)57-46-30-14-16-32-50(46)61-59-48(34-18-36-52(57)59)49-35-19-37-53-58(47-31-15-17-33-51(47)62(61)60(49)53)55-38-54(40-22-6-2-7-23-40)43-27-11-13-29-45(43)56(55)41-24-8-3-9-25-41/h1-38H. The molecule has 0 aliphatic carbocycles. The predicted octanol–water partition coefficient (Wildman–Crippen LogP) is 17.5. The fourth-order valence-corrected chi connectivity index (χ4v) is 10.9. The first-order chi connectivity index (χ1) is 30.8. The summed E-state index contributed by atoms with van der Waals surface area (Å²) in [5.74, 6) is 0. The SMILES string of the molecule is c1ccc(-c2ccccc2-c2c3ccccc3c3c4c2cccc4c2cccc4c(-c5cc(-c6ccccc6)c6ccccc6c5-c5ccccc5)c5ccccc5c3c42)cc1. The molecule has 0 nitrogen and oxygen atoms in total. The van der Waals surface area contributed by atoms with E-state index in [4.69, 9.17) is 0 Å². The molecule has 0 heteroatoms. The van der Waals surface area contributed by atoms with Crippen molar-refractivity contribution in [3.8, 4) is 55.6 Å². The Bertz CT molecular complexity index is 3880. The van der Waals surface area contributed by atoms with Crippen molar-refractivity contribution in [3.63, 3.8) is 0 Å². The third-order valence-electron chi connectivity index (χ3n) is 13.4. The summed E-state index contributed by atoms with van der Waals surface area (Å²) in [5, 5.41) is 18.0. The molecule has 0 saturated heterocycles. The van der Waals surface area contributed by atoms with E-state index >= 15 is 0 Å². The third-order valence-corrected chi connectivity index (χ3v) is 13.4. The van der Waals surface area contributed by atoms with E-state index < -0.39 is 0 Å². The topological polar surface area (TPSA) is 0 Å². The van der Waals surface area contributed by atoms with Crippen LogP contribution < -0.4 is 0 Å². The van der Waals surface area contributed by atoms with Gasteiger partial charge in [-0.15, -0.1) is 0 Å². The number of hydrogen-bond acceptors (Lipinski definition) is 0. The van der Waals surface area contributed by atoms with Gasteiger partial charge in [0, 0.05) is 0 Å². The van der Waals surface area contributed by atoms with Crippen molar-refractivity contribution in [1.29, 1.82) is 0 Å². The van der Waals surface area contributed by atoms with Crippen LogP contribution in [0.15, 0.2) is 231 Å². The van der Waals surface area contributed by atoms with Gasteiger partial charge >= 0.3 is 0 Å². The quantitative estimate of drug-likeness (QED) is 0.120. The molecule has 0 atom stereocenters. The van der Waals surface area contributed by atoms with E-state index in [0.29, 0.717) is 0 Å². The zero-order valence-corrected chi connectivity index (χ0v) is 33.9. The maximum absolute atomic E-state index is 2.49. The van der Waals surface area contributed by atoms with E-state index in [9.17, 15) is 0 Å². The van der Waals surface area contributed by atoms with Crippen LogP contribution in [0.5, 0.6) is 0 Å². The summed E-state index contributed by atoms with van der Waals surface area (Å²) in [5.41, 5.74) is 12.5. The van der Waals surface area contributed by atoms with Gasteiger partial charge < -0.3 is 0 Å². The number of benzene rings is 13. The molecule has 13 aromatic carbocycles. The van der Waals surface area contributed by atoms with Gasteiger partial charge in [0.1, 0.15) is 0 Å². The minimum absolute atomic E-state index is 1.22. The molecule has 0 spiro atoms. The first kappa shape index (κ1) is 34.8. The predicted molar refractivity (Wildman–Crippen MR) is 267 cm³/mol. The minimum Gasteiger partial charge on any atom is -0.0622 e. The molecule has 0 heterocycles. The summed E-state index contributed by atoms with van der Waals surface area (Å²) < 4.78 is 0. The summed E-state index contributed by atoms with van der Waals surface area (Å²) >= 11 is 0. The van der Waals surface area contributed by atoms with Gasteiger partial charge in [-0.2, -0.15) is 0 Å². The average Bonchev–Trinajstić information content (AvgIpc) is 3.35. The highest BCUT2D eigenvalue weighted by Crippen LogP contribution is 2.54. The van der Waals surface area contributed by atoms with Crippen LogP contribution in [0, 0.1) is 0 Å². The van der Waals surface area contributed by atoms with Crippen molar-refractivity contribution in [2.45, 2.75) is 0 Å². The summed E-state index contributed by atoms with van der Waals surface area (Å²) in [6.07, 6.45) is 0. The minimum atomic E-state index is 1.22. The number of rotatable bonds is 5. The van der Waals surface area contributed by atoms with Gasteiger partial charge in [0.15, 0.2) is 0 Å². The van der Waals surface area contributed by atoms with Gasteiger partial charge in [0.25, 0.3) is 0 Å². The van der Waals surface area contributed by atoms with E-state index in [2.05, 4.69) is 231 Å². The first-order valence-electron chi connectivity index (χ1n) is 21.6. The second-order valence-electron chi connectivity index (χ2n) is 16.6. The van der Waals surface area contributed by atoms with Crippen molar-refractivity contribution in [3.05, 3.63) is 231 Å². The van der Waals surface area contributed by atoms with Gasteiger partial charge in [-0.1, -0.05) is 224 Å². The van der Waals surface area contributed by atoms with E-state index in [1.165, 1.54) is 131 Å². The lowest BCUT2D eigenvalue weighted by Gasteiger charge is -2.25. The van der Waals surface area contributed by atoms with Crippen LogP contribution in [-0.4, -0.2) is 0 Å². The van der Waals surface area contributed by atoms with Gasteiger partial charge in [0.2, 0.25) is 0 Å². The molecule has 0 N–H and O–H groups in total. The van der Waals surface area contributed by atoms with Crippen LogP contribution in [0.2, 0.25) is 0 Å². The van der Waals surface area contributed by atoms with E-state index in [0.717, 1.165) is 0 Å². The van der Waals surface area contributed by atoms with Crippen LogP contribution in [0.4, 0.5) is 0 Å². The molecule has 0 saturated carbocycles.